The molecule has 0 bridgehead atoms. The smallest absolute Gasteiger partial charge is 0.457 e. The van der Waals surface area contributed by atoms with Gasteiger partial charge in [0.05, 0.1) is 34.4 Å². The van der Waals surface area contributed by atoms with Gasteiger partial charge in [-0.2, -0.15) is 0 Å². The van der Waals surface area contributed by atoms with Crippen molar-refractivity contribution in [3.63, 3.8) is 0 Å². The van der Waals surface area contributed by atoms with Crippen molar-refractivity contribution < 1.29 is 37.3 Å². The fraction of sp³-hybridized carbons (Fsp3) is 0.744. The number of allylic oxidation sites excluding steroid dienone is 10. The van der Waals surface area contributed by atoms with Gasteiger partial charge in [0.1, 0.15) is 19.3 Å². The minimum absolute atomic E-state index is 0.0803. The highest BCUT2D eigenvalue weighted by Gasteiger charge is 2.26. The number of quaternary nitrogens is 1. The van der Waals surface area contributed by atoms with Crippen LogP contribution in [0.5, 0.6) is 0 Å². The SMILES string of the molecule is CC/C=C\C/C=C\C/C=C\C/C=C\CCCCCCCOCC(COP(=O)(O)OCC[N+](C)(C)C)OC(=O)CCCCCCC/C=C\CCCCC. The Balaban J connectivity index is 4.31. The van der Waals surface area contributed by atoms with E-state index >= 15 is 0 Å². The number of unbranched alkanes of at least 4 members (excludes halogenated alkanes) is 13. The Morgan fingerprint density at radius 1 is 0.615 bits per heavy atom. The zero-order valence-corrected chi connectivity index (χ0v) is 34.9. The molecule has 302 valence electrons. The maximum absolute atomic E-state index is 12.6. The van der Waals surface area contributed by atoms with Crippen LogP contribution in [0.3, 0.4) is 0 Å². The average Bonchev–Trinajstić information content (AvgIpc) is 3.09. The van der Waals surface area contributed by atoms with Crippen LogP contribution in [0.15, 0.2) is 60.8 Å². The van der Waals surface area contributed by atoms with E-state index in [1.165, 1.54) is 44.9 Å². The van der Waals surface area contributed by atoms with Gasteiger partial charge in [0.15, 0.2) is 0 Å². The van der Waals surface area contributed by atoms with Crippen molar-refractivity contribution in [2.75, 3.05) is 54.1 Å². The molecule has 0 rings (SSSR count). The lowest BCUT2D eigenvalue weighted by atomic mass is 10.1. The Morgan fingerprint density at radius 3 is 1.69 bits per heavy atom. The molecule has 0 heterocycles. The summed E-state index contributed by atoms with van der Waals surface area (Å²) >= 11 is 0. The first-order valence-corrected chi connectivity index (χ1v) is 22.0. The van der Waals surface area contributed by atoms with Crippen LogP contribution in [0.1, 0.15) is 149 Å². The van der Waals surface area contributed by atoms with Gasteiger partial charge < -0.3 is 18.9 Å². The molecule has 0 radical (unpaired) electrons. The number of likely N-dealkylation sites (N-methyl/N-ethyl adjacent to an activating group) is 1. The van der Waals surface area contributed by atoms with Crippen molar-refractivity contribution in [3.05, 3.63) is 60.8 Å². The van der Waals surface area contributed by atoms with Crippen LogP contribution in [0.2, 0.25) is 0 Å². The first kappa shape index (κ1) is 50.2. The van der Waals surface area contributed by atoms with Gasteiger partial charge in [-0.05, 0) is 77.0 Å². The van der Waals surface area contributed by atoms with Crippen LogP contribution >= 0.6 is 7.82 Å². The average molecular weight is 753 g/mol. The number of phosphoric acid groups is 1. The Bertz CT molecular complexity index is 1020. The third-order valence-corrected chi connectivity index (χ3v) is 9.30. The maximum atomic E-state index is 12.6. The second-order valence-electron chi connectivity index (χ2n) is 14.6. The number of carbonyl (C=O) groups excluding carboxylic acids is 1. The second-order valence-corrected chi connectivity index (χ2v) is 16.1. The molecule has 1 N–H and O–H groups in total. The van der Waals surface area contributed by atoms with Gasteiger partial charge in [0.2, 0.25) is 0 Å². The van der Waals surface area contributed by atoms with Crippen molar-refractivity contribution in [2.24, 2.45) is 0 Å². The third-order valence-electron chi connectivity index (χ3n) is 8.31. The molecule has 9 heteroatoms. The fourth-order valence-electron chi connectivity index (χ4n) is 5.12. The molecular formula is C43H79NO7P+. The molecule has 0 amide bonds. The van der Waals surface area contributed by atoms with Gasteiger partial charge in [-0.3, -0.25) is 13.8 Å². The zero-order valence-electron chi connectivity index (χ0n) is 34.0. The van der Waals surface area contributed by atoms with E-state index in [1.807, 2.05) is 21.1 Å². The van der Waals surface area contributed by atoms with E-state index in [9.17, 15) is 14.3 Å². The van der Waals surface area contributed by atoms with Crippen molar-refractivity contribution >= 4 is 13.8 Å². The van der Waals surface area contributed by atoms with Gasteiger partial charge in [0, 0.05) is 13.0 Å². The first-order chi connectivity index (χ1) is 25.1. The van der Waals surface area contributed by atoms with E-state index in [0.717, 1.165) is 83.5 Å². The maximum Gasteiger partial charge on any atom is 0.472 e. The Kier molecular flexibility index (Phi) is 34.9. The predicted molar refractivity (Wildman–Crippen MR) is 219 cm³/mol. The van der Waals surface area contributed by atoms with E-state index in [1.54, 1.807) is 0 Å². The molecule has 0 aliphatic heterocycles. The molecule has 8 nitrogen and oxygen atoms in total. The third kappa shape index (κ3) is 39.4. The number of ether oxygens (including phenoxy) is 2. The van der Waals surface area contributed by atoms with Crippen LogP contribution < -0.4 is 0 Å². The number of hydrogen-bond acceptors (Lipinski definition) is 6. The normalized spacial score (nSPS) is 14.5. The Hall–Kier alpha value is -1.80. The van der Waals surface area contributed by atoms with Gasteiger partial charge in [-0.1, -0.05) is 126 Å². The van der Waals surface area contributed by atoms with Gasteiger partial charge >= 0.3 is 13.8 Å². The van der Waals surface area contributed by atoms with Gasteiger partial charge in [-0.15, -0.1) is 0 Å². The lowest BCUT2D eigenvalue weighted by molar-refractivity contribution is -0.870. The standard InChI is InChI=1S/C43H78NO7P/c1-6-8-10-12-14-16-18-20-21-22-23-24-25-27-29-31-33-35-38-48-40-42(41-50-52(46,47)49-39-37-44(3,4)5)51-43(45)36-34-32-30-28-26-19-17-15-13-11-9-7-2/h8,10,14-17,20-21,23-24,42H,6-7,9,11-13,18-19,22,25-41H2,1-5H3/p+1/b10-8-,16-14-,17-15-,21-20-,24-23-. The summed E-state index contributed by atoms with van der Waals surface area (Å²) in [5.41, 5.74) is 0. The van der Waals surface area contributed by atoms with Gasteiger partial charge in [0.25, 0.3) is 0 Å². The molecule has 0 fully saturated rings. The summed E-state index contributed by atoms with van der Waals surface area (Å²) in [5.74, 6) is -0.334. The van der Waals surface area contributed by atoms with Crippen LogP contribution in [-0.2, 0) is 27.9 Å². The molecule has 0 aliphatic carbocycles. The van der Waals surface area contributed by atoms with Crippen molar-refractivity contribution in [2.45, 2.75) is 155 Å². The fourth-order valence-corrected chi connectivity index (χ4v) is 5.87. The van der Waals surface area contributed by atoms with Crippen molar-refractivity contribution in [1.29, 1.82) is 0 Å². The zero-order chi connectivity index (χ0) is 38.4. The number of nitrogens with zero attached hydrogens (tertiary/aromatic N) is 1. The lowest BCUT2D eigenvalue weighted by Crippen LogP contribution is -2.37. The van der Waals surface area contributed by atoms with E-state index in [4.69, 9.17) is 18.5 Å². The molecular weight excluding hydrogens is 673 g/mol. The first-order valence-electron chi connectivity index (χ1n) is 20.5. The highest BCUT2D eigenvalue weighted by atomic mass is 31.2. The summed E-state index contributed by atoms with van der Waals surface area (Å²) in [5, 5.41) is 0. The highest BCUT2D eigenvalue weighted by molar-refractivity contribution is 7.47. The molecule has 0 saturated heterocycles. The molecule has 0 aromatic carbocycles. The van der Waals surface area contributed by atoms with Crippen LogP contribution in [-0.4, -0.2) is 75.6 Å². The Labute approximate surface area is 320 Å². The van der Waals surface area contributed by atoms with E-state index in [2.05, 4.69) is 74.6 Å². The minimum Gasteiger partial charge on any atom is -0.457 e. The molecule has 0 spiro atoms. The number of phosphoric ester groups is 1. The van der Waals surface area contributed by atoms with Gasteiger partial charge in [-0.25, -0.2) is 4.57 Å². The van der Waals surface area contributed by atoms with E-state index in [0.29, 0.717) is 24.1 Å². The molecule has 0 saturated carbocycles. The lowest BCUT2D eigenvalue weighted by Gasteiger charge is -2.24. The Morgan fingerprint density at radius 2 is 1.12 bits per heavy atom. The van der Waals surface area contributed by atoms with E-state index < -0.39 is 13.9 Å². The second kappa shape index (κ2) is 36.2. The quantitative estimate of drug-likeness (QED) is 0.0222. The summed E-state index contributed by atoms with van der Waals surface area (Å²) in [4.78, 5) is 22.8. The van der Waals surface area contributed by atoms with Crippen LogP contribution in [0.25, 0.3) is 0 Å². The van der Waals surface area contributed by atoms with Crippen LogP contribution in [0, 0.1) is 0 Å². The topological polar surface area (TPSA) is 91.3 Å². The minimum atomic E-state index is -4.28. The largest absolute Gasteiger partial charge is 0.472 e. The summed E-state index contributed by atoms with van der Waals surface area (Å²) in [7, 11) is 1.64. The molecule has 2 atom stereocenters. The summed E-state index contributed by atoms with van der Waals surface area (Å²) < 4.78 is 34.9. The van der Waals surface area contributed by atoms with Crippen molar-refractivity contribution in [3.8, 4) is 0 Å². The molecule has 0 aromatic rings. The number of hydrogen-bond donors (Lipinski definition) is 1. The molecule has 2 unspecified atom stereocenters. The number of rotatable bonds is 37. The molecule has 0 aromatic heterocycles. The molecule has 0 aliphatic rings. The summed E-state index contributed by atoms with van der Waals surface area (Å²) in [6.07, 6.45) is 43.9. The van der Waals surface area contributed by atoms with Crippen LogP contribution in [0.4, 0.5) is 0 Å². The highest BCUT2D eigenvalue weighted by Crippen LogP contribution is 2.43. The van der Waals surface area contributed by atoms with Crippen molar-refractivity contribution in [1.82, 2.24) is 0 Å². The number of carbonyl (C=O) groups is 1. The molecule has 52 heavy (non-hydrogen) atoms. The predicted octanol–water partition coefficient (Wildman–Crippen LogP) is 11.8. The number of esters is 1. The van der Waals surface area contributed by atoms with E-state index in [-0.39, 0.29) is 25.8 Å². The monoisotopic (exact) mass is 753 g/mol. The summed E-state index contributed by atoms with van der Waals surface area (Å²) in [6, 6.07) is 0. The summed E-state index contributed by atoms with van der Waals surface area (Å²) in [6.45, 7) is 5.41.